The predicted molar refractivity (Wildman–Crippen MR) is 165 cm³/mol. The second kappa shape index (κ2) is 10.2. The van der Waals surface area contributed by atoms with Crippen LogP contribution in [0.4, 0.5) is 0 Å². The molecule has 1 spiro atoms. The van der Waals surface area contributed by atoms with Gasteiger partial charge in [-0.2, -0.15) is 0 Å². The summed E-state index contributed by atoms with van der Waals surface area (Å²) < 4.78 is 14.2. The fourth-order valence-corrected chi connectivity index (χ4v) is 14.8. The molecule has 2 saturated heterocycles. The third-order valence-corrected chi connectivity index (χ3v) is 19.1. The number of ether oxygens (including phenoxy) is 1. The Bertz CT molecular complexity index is 1020. The van der Waals surface area contributed by atoms with Crippen LogP contribution in [0.2, 0.25) is 18.1 Å². The Morgan fingerprint density at radius 1 is 1.05 bits per heavy atom. The number of rotatable bonds is 5. The summed E-state index contributed by atoms with van der Waals surface area (Å²) in [4.78, 5) is 15.0. The van der Waals surface area contributed by atoms with Crippen molar-refractivity contribution in [1.29, 1.82) is 0 Å². The highest BCUT2D eigenvalue weighted by molar-refractivity contribution is 6.73. The zero-order chi connectivity index (χ0) is 28.7. The van der Waals surface area contributed by atoms with E-state index >= 15 is 0 Å². The van der Waals surface area contributed by atoms with Gasteiger partial charge in [0.25, 0.3) is 0 Å². The van der Waals surface area contributed by atoms with E-state index in [2.05, 4.69) is 59.4 Å². The van der Waals surface area contributed by atoms with Gasteiger partial charge in [0, 0.05) is 25.5 Å². The number of carbonyl (C=O) groups is 1. The third kappa shape index (κ3) is 4.13. The molecule has 40 heavy (non-hydrogen) atoms. The number of amides is 1. The first-order chi connectivity index (χ1) is 19.0. The Labute approximate surface area is 246 Å². The van der Waals surface area contributed by atoms with Crippen LogP contribution in [-0.4, -0.2) is 43.6 Å². The summed E-state index contributed by atoms with van der Waals surface area (Å²) in [5.74, 6) is 4.11. The van der Waals surface area contributed by atoms with Crippen molar-refractivity contribution in [2.45, 2.75) is 149 Å². The van der Waals surface area contributed by atoms with Crippen molar-refractivity contribution in [3.63, 3.8) is 0 Å². The molecule has 6 aliphatic rings. The van der Waals surface area contributed by atoms with E-state index in [4.69, 9.17) is 9.16 Å². The van der Waals surface area contributed by atoms with Gasteiger partial charge in [-0.3, -0.25) is 4.79 Å². The van der Waals surface area contributed by atoms with Crippen molar-refractivity contribution in [3.8, 4) is 0 Å². The minimum atomic E-state index is -1.57. The number of carbonyl (C=O) groups excluding carboxylic acids is 1. The van der Waals surface area contributed by atoms with Gasteiger partial charge in [-0.1, -0.05) is 60.1 Å². The molecule has 2 heterocycles. The molecule has 0 unspecified atom stereocenters. The lowest BCUT2D eigenvalue weighted by Crippen LogP contribution is -2.60. The summed E-state index contributed by atoms with van der Waals surface area (Å²) in [5.41, 5.74) is 2.07. The smallest absolute Gasteiger partial charge is 0.221 e. The van der Waals surface area contributed by atoms with Crippen LogP contribution in [0.3, 0.4) is 0 Å². The molecule has 0 aromatic carbocycles. The third-order valence-electron chi connectivity index (χ3n) is 14.4. The Hall–Kier alpha value is -0.653. The van der Waals surface area contributed by atoms with Crippen LogP contribution in [-0.2, 0) is 14.0 Å². The van der Waals surface area contributed by atoms with Crippen molar-refractivity contribution in [3.05, 3.63) is 11.6 Å². The molecule has 0 N–H and O–H groups in total. The van der Waals surface area contributed by atoms with E-state index in [1.807, 2.05) is 0 Å². The van der Waals surface area contributed by atoms with Crippen molar-refractivity contribution < 1.29 is 14.0 Å². The Kier molecular flexibility index (Phi) is 7.52. The van der Waals surface area contributed by atoms with E-state index in [1.54, 1.807) is 12.5 Å². The molecule has 6 rings (SSSR count). The van der Waals surface area contributed by atoms with Crippen molar-refractivity contribution in [2.24, 2.45) is 46.3 Å². The molecule has 3 saturated carbocycles. The Balaban J connectivity index is 1.22. The first-order valence-electron chi connectivity index (χ1n) is 17.3. The van der Waals surface area contributed by atoms with Crippen LogP contribution in [0.5, 0.6) is 0 Å². The highest BCUT2D eigenvalue weighted by Crippen LogP contribution is 2.71. The topological polar surface area (TPSA) is 38.8 Å². The Morgan fingerprint density at radius 2 is 1.77 bits per heavy atom. The molecule has 0 aromatic heterocycles. The molecule has 5 heteroatoms. The maximum atomic E-state index is 12.9. The molecule has 0 radical (unpaired) electrons. The summed E-state index contributed by atoms with van der Waals surface area (Å²) >= 11 is 0. The predicted octanol–water partition coefficient (Wildman–Crippen LogP) is 8.58. The fourth-order valence-electron chi connectivity index (χ4n) is 11.9. The highest BCUT2D eigenvalue weighted by Gasteiger charge is 2.69. The van der Waals surface area contributed by atoms with Crippen LogP contribution in [0.15, 0.2) is 11.6 Å². The van der Waals surface area contributed by atoms with Gasteiger partial charge < -0.3 is 14.1 Å². The zero-order valence-corrected chi connectivity index (χ0v) is 28.1. The van der Waals surface area contributed by atoms with Crippen LogP contribution >= 0.6 is 0 Å². The molecular weight excluding hydrogens is 510 g/mol. The molecule has 4 aliphatic carbocycles. The normalized spacial score (nSPS) is 48.3. The van der Waals surface area contributed by atoms with Crippen molar-refractivity contribution >= 4 is 14.2 Å². The van der Waals surface area contributed by atoms with Gasteiger partial charge in [-0.05, 0) is 116 Å². The van der Waals surface area contributed by atoms with E-state index in [9.17, 15) is 4.79 Å². The summed E-state index contributed by atoms with van der Waals surface area (Å²) in [6.45, 7) is 19.7. The molecule has 5 fully saturated rings. The van der Waals surface area contributed by atoms with Gasteiger partial charge >= 0.3 is 0 Å². The monoisotopic (exact) mass is 569 g/mol. The van der Waals surface area contributed by atoms with Gasteiger partial charge in [0.1, 0.15) is 5.72 Å². The number of hydrogen-bond donors (Lipinski definition) is 0. The van der Waals surface area contributed by atoms with E-state index < -0.39 is 8.32 Å². The van der Waals surface area contributed by atoms with E-state index in [-0.39, 0.29) is 11.6 Å². The quantitative estimate of drug-likeness (QED) is 0.246. The van der Waals surface area contributed by atoms with Gasteiger partial charge in [0.2, 0.25) is 5.91 Å². The number of piperidine rings is 1. The molecule has 226 valence electrons. The second-order valence-electron chi connectivity index (χ2n) is 15.9. The molecule has 0 aromatic rings. The average molecular weight is 570 g/mol. The summed E-state index contributed by atoms with van der Waals surface area (Å²) in [7, 11) is -1.57. The van der Waals surface area contributed by atoms with Crippen molar-refractivity contribution in [2.75, 3.05) is 6.54 Å². The van der Waals surface area contributed by atoms with Crippen molar-refractivity contribution in [1.82, 2.24) is 4.90 Å². The van der Waals surface area contributed by atoms with Crippen LogP contribution in [0, 0.1) is 46.3 Å². The molecule has 1 amide bonds. The van der Waals surface area contributed by atoms with Crippen LogP contribution < -0.4 is 0 Å². The van der Waals surface area contributed by atoms with Gasteiger partial charge in [0.15, 0.2) is 8.32 Å². The Morgan fingerprint density at radius 3 is 2.45 bits per heavy atom. The number of hydrogen-bond acceptors (Lipinski definition) is 3. The van der Waals surface area contributed by atoms with Gasteiger partial charge in [0.05, 0.1) is 6.10 Å². The molecular formula is C35H59NO3Si. The number of nitrogens with zero attached hydrogens (tertiary/aromatic N) is 1. The SMILES string of the molecule is CC[Si](CC)(CC)O[C@H]1CC[C@@]2(C)C(=CC[C@H]3[C@@H]4C[C@@H]5O[C@]6(CC[C@@H](C)CN6C(C)=O)[C@@H](C)[C@@H]5[C@@]4(C)CC[C@@H]32)C1. The summed E-state index contributed by atoms with van der Waals surface area (Å²) in [6.07, 6.45) is 14.6. The van der Waals surface area contributed by atoms with E-state index in [0.717, 1.165) is 30.7 Å². The molecule has 0 bridgehead atoms. The lowest BCUT2D eigenvalue weighted by atomic mass is 9.46. The van der Waals surface area contributed by atoms with Gasteiger partial charge in [-0.25, -0.2) is 0 Å². The minimum absolute atomic E-state index is 0.206. The lowest BCUT2D eigenvalue weighted by molar-refractivity contribution is -0.200. The number of allylic oxidation sites excluding steroid dienone is 1. The van der Waals surface area contributed by atoms with E-state index in [1.165, 1.54) is 69.5 Å². The average Bonchev–Trinajstić information content (AvgIpc) is 3.39. The van der Waals surface area contributed by atoms with E-state index in [0.29, 0.717) is 40.8 Å². The minimum Gasteiger partial charge on any atom is -0.414 e. The largest absolute Gasteiger partial charge is 0.414 e. The molecule has 11 atom stereocenters. The summed E-state index contributed by atoms with van der Waals surface area (Å²) in [5, 5.41) is 0. The first kappa shape index (κ1) is 29.4. The van der Waals surface area contributed by atoms with Gasteiger partial charge in [-0.15, -0.1) is 0 Å². The fraction of sp³-hybridized carbons (Fsp3) is 0.914. The number of fused-ring (bicyclic) bond motifs is 7. The second-order valence-corrected chi connectivity index (χ2v) is 20.6. The lowest BCUT2D eigenvalue weighted by Gasteiger charge is -2.59. The maximum absolute atomic E-state index is 12.9. The highest BCUT2D eigenvalue weighted by atomic mass is 28.4. The van der Waals surface area contributed by atoms with Crippen LogP contribution in [0.25, 0.3) is 0 Å². The molecule has 4 nitrogen and oxygen atoms in total. The standard InChI is InChI=1S/C35H59NO3Si/c1-9-40(10-2,11-3)39-27-15-17-33(7)26(20-27)12-13-28-29(33)16-18-34(8)30(28)21-31-32(34)24(5)35(38-31)19-14-23(4)22-36(35)25(6)37/h12,23-24,27-32H,9-11,13-22H2,1-8H3/t23-,24+,27+,28-,29+,30+,31+,32+,33+,34+,35-/m1/s1. The van der Waals surface area contributed by atoms with Crippen LogP contribution in [0.1, 0.15) is 113 Å². The number of likely N-dealkylation sites (tertiary alicyclic amines) is 1. The zero-order valence-electron chi connectivity index (χ0n) is 27.1. The first-order valence-corrected chi connectivity index (χ1v) is 19.8. The molecule has 2 aliphatic heterocycles. The maximum Gasteiger partial charge on any atom is 0.221 e. The summed E-state index contributed by atoms with van der Waals surface area (Å²) in [6, 6.07) is 3.77.